The van der Waals surface area contributed by atoms with Crippen LogP contribution in [0.2, 0.25) is 0 Å². The zero-order valence-corrected chi connectivity index (χ0v) is 9.70. The van der Waals surface area contributed by atoms with Gasteiger partial charge in [-0.15, -0.1) is 0 Å². The van der Waals surface area contributed by atoms with Gasteiger partial charge in [-0.2, -0.15) is 0 Å². The summed E-state index contributed by atoms with van der Waals surface area (Å²) in [7, 11) is 0. The van der Waals surface area contributed by atoms with E-state index < -0.39 is 0 Å². The zero-order chi connectivity index (χ0) is 10.7. The van der Waals surface area contributed by atoms with Gasteiger partial charge in [-0.3, -0.25) is 0 Å². The molecule has 0 radical (unpaired) electrons. The summed E-state index contributed by atoms with van der Waals surface area (Å²) >= 11 is 0. The van der Waals surface area contributed by atoms with Crippen molar-refractivity contribution < 1.29 is 4.74 Å². The van der Waals surface area contributed by atoms with E-state index in [1.54, 1.807) is 0 Å². The fourth-order valence-corrected chi connectivity index (χ4v) is 2.35. The van der Waals surface area contributed by atoms with Crippen molar-refractivity contribution in [3.8, 4) is 0 Å². The number of aryl methyl sites for hydroxylation is 1. The van der Waals surface area contributed by atoms with Crippen molar-refractivity contribution in [3.63, 3.8) is 0 Å². The molecule has 0 unspecified atom stereocenters. The van der Waals surface area contributed by atoms with Gasteiger partial charge in [0.25, 0.3) is 0 Å². The number of rotatable bonds is 3. The largest absolute Gasteiger partial charge is 0.372 e. The predicted octanol–water partition coefficient (Wildman–Crippen LogP) is 3.58. The Hall–Kier alpha value is -0.820. The fourth-order valence-electron chi connectivity index (χ4n) is 2.35. The lowest BCUT2D eigenvalue weighted by Gasteiger charge is -2.24. The summed E-state index contributed by atoms with van der Waals surface area (Å²) in [6.45, 7) is 4.42. The summed E-state index contributed by atoms with van der Waals surface area (Å²) in [5, 5.41) is 0. The van der Waals surface area contributed by atoms with Gasteiger partial charge in [-0.1, -0.05) is 30.3 Å². The Morgan fingerprint density at radius 3 is 2.67 bits per heavy atom. The molecule has 1 aromatic carbocycles. The van der Waals surface area contributed by atoms with E-state index in [0.29, 0.717) is 6.10 Å². The van der Waals surface area contributed by atoms with E-state index in [9.17, 15) is 0 Å². The van der Waals surface area contributed by atoms with Crippen LogP contribution in [-0.4, -0.2) is 11.7 Å². The first-order valence-electron chi connectivity index (χ1n) is 5.90. The molecule has 1 heterocycles. The molecule has 1 saturated heterocycles. The van der Waals surface area contributed by atoms with Crippen LogP contribution < -0.4 is 0 Å². The molecule has 0 amide bonds. The van der Waals surface area contributed by atoms with Crippen LogP contribution in [0.5, 0.6) is 0 Å². The summed E-state index contributed by atoms with van der Waals surface area (Å²) in [5.41, 5.74) is 1.54. The lowest BCUT2D eigenvalue weighted by Crippen LogP contribution is -2.25. The molecule has 2 atom stereocenters. The highest BCUT2D eigenvalue weighted by Gasteiger charge is 2.33. The van der Waals surface area contributed by atoms with Crippen LogP contribution in [-0.2, 0) is 11.2 Å². The minimum atomic E-state index is 0.120. The van der Waals surface area contributed by atoms with Crippen LogP contribution in [0.25, 0.3) is 0 Å². The lowest BCUT2D eigenvalue weighted by atomic mass is 9.94. The van der Waals surface area contributed by atoms with Crippen LogP contribution in [0.1, 0.15) is 38.7 Å². The van der Waals surface area contributed by atoms with Crippen molar-refractivity contribution in [2.45, 2.75) is 51.2 Å². The predicted molar refractivity (Wildman–Crippen MR) is 62.9 cm³/mol. The van der Waals surface area contributed by atoms with E-state index in [-0.39, 0.29) is 5.60 Å². The molecule has 0 N–H and O–H groups in total. The molecule has 1 heteroatoms. The van der Waals surface area contributed by atoms with Gasteiger partial charge in [0.15, 0.2) is 0 Å². The number of benzene rings is 1. The first kappa shape index (κ1) is 10.7. The molecule has 1 nitrogen and oxygen atoms in total. The van der Waals surface area contributed by atoms with Crippen LogP contribution >= 0.6 is 0 Å². The Kier molecular flexibility index (Phi) is 3.11. The maximum atomic E-state index is 5.97. The van der Waals surface area contributed by atoms with Gasteiger partial charge in [0.05, 0.1) is 11.7 Å². The van der Waals surface area contributed by atoms with E-state index in [1.165, 1.54) is 18.4 Å². The van der Waals surface area contributed by atoms with Gasteiger partial charge in [-0.25, -0.2) is 0 Å². The van der Waals surface area contributed by atoms with Crippen LogP contribution in [0.3, 0.4) is 0 Å². The Balaban J connectivity index is 1.88. The Morgan fingerprint density at radius 2 is 2.07 bits per heavy atom. The second-order valence-electron chi connectivity index (χ2n) is 4.90. The van der Waals surface area contributed by atoms with Gasteiger partial charge in [-0.05, 0) is 45.1 Å². The summed E-state index contributed by atoms with van der Waals surface area (Å²) in [4.78, 5) is 0. The summed E-state index contributed by atoms with van der Waals surface area (Å²) < 4.78 is 5.97. The highest BCUT2D eigenvalue weighted by molar-refractivity contribution is 5.15. The van der Waals surface area contributed by atoms with E-state index in [2.05, 4.69) is 44.2 Å². The van der Waals surface area contributed by atoms with E-state index in [1.807, 2.05) is 0 Å². The summed E-state index contributed by atoms with van der Waals surface area (Å²) in [6, 6.07) is 10.7. The Labute approximate surface area is 92.5 Å². The standard InChI is InChI=1S/C14H20O/c1-12-8-10-14(2,15-12)11-9-13-6-4-3-5-7-13/h3-7,12H,8-11H2,1-2H3/t12-,14+/m1/s1. The number of hydrogen-bond acceptors (Lipinski definition) is 1. The normalized spacial score (nSPS) is 30.7. The van der Waals surface area contributed by atoms with Crippen molar-refractivity contribution in [2.75, 3.05) is 0 Å². The molecule has 0 bridgehead atoms. The van der Waals surface area contributed by atoms with Crippen LogP contribution in [0, 0.1) is 0 Å². The molecule has 1 aliphatic rings. The maximum Gasteiger partial charge on any atom is 0.0662 e. The monoisotopic (exact) mass is 204 g/mol. The average molecular weight is 204 g/mol. The molecule has 1 fully saturated rings. The van der Waals surface area contributed by atoms with Crippen molar-refractivity contribution in [1.82, 2.24) is 0 Å². The highest BCUT2D eigenvalue weighted by atomic mass is 16.5. The van der Waals surface area contributed by atoms with Gasteiger partial charge in [0.1, 0.15) is 0 Å². The molecule has 0 saturated carbocycles. The molecule has 0 aromatic heterocycles. The Bertz CT molecular complexity index is 306. The SMILES string of the molecule is C[C@@H]1CC[C@@](C)(CCc2ccccc2)O1. The minimum Gasteiger partial charge on any atom is -0.372 e. The first-order chi connectivity index (χ1) is 7.18. The number of hydrogen-bond donors (Lipinski definition) is 0. The smallest absolute Gasteiger partial charge is 0.0662 e. The van der Waals surface area contributed by atoms with Crippen molar-refractivity contribution in [1.29, 1.82) is 0 Å². The van der Waals surface area contributed by atoms with Gasteiger partial charge in [0.2, 0.25) is 0 Å². The zero-order valence-electron chi connectivity index (χ0n) is 9.70. The lowest BCUT2D eigenvalue weighted by molar-refractivity contribution is -0.0257. The topological polar surface area (TPSA) is 9.23 Å². The maximum absolute atomic E-state index is 5.97. The molecule has 1 aromatic rings. The van der Waals surface area contributed by atoms with E-state index in [0.717, 1.165) is 12.8 Å². The van der Waals surface area contributed by atoms with Gasteiger partial charge < -0.3 is 4.74 Å². The molecule has 82 valence electrons. The van der Waals surface area contributed by atoms with E-state index >= 15 is 0 Å². The third-order valence-electron chi connectivity index (χ3n) is 3.35. The molecular formula is C14H20O. The second-order valence-corrected chi connectivity index (χ2v) is 4.90. The molecule has 1 aliphatic heterocycles. The summed E-state index contributed by atoms with van der Waals surface area (Å²) in [5.74, 6) is 0. The molecule has 0 aliphatic carbocycles. The van der Waals surface area contributed by atoms with Crippen molar-refractivity contribution >= 4 is 0 Å². The number of ether oxygens (including phenoxy) is 1. The molecule has 2 rings (SSSR count). The van der Waals surface area contributed by atoms with Crippen LogP contribution in [0.15, 0.2) is 30.3 Å². The fraction of sp³-hybridized carbons (Fsp3) is 0.571. The third-order valence-corrected chi connectivity index (χ3v) is 3.35. The molecule has 15 heavy (non-hydrogen) atoms. The first-order valence-corrected chi connectivity index (χ1v) is 5.90. The van der Waals surface area contributed by atoms with Crippen molar-refractivity contribution in [3.05, 3.63) is 35.9 Å². The molecule has 0 spiro atoms. The van der Waals surface area contributed by atoms with Gasteiger partial charge >= 0.3 is 0 Å². The van der Waals surface area contributed by atoms with Gasteiger partial charge in [0, 0.05) is 0 Å². The third kappa shape index (κ3) is 2.82. The quantitative estimate of drug-likeness (QED) is 0.731. The summed E-state index contributed by atoms with van der Waals surface area (Å²) in [6.07, 6.45) is 5.14. The average Bonchev–Trinajstić information content (AvgIpc) is 2.58. The highest BCUT2D eigenvalue weighted by Crippen LogP contribution is 2.33. The van der Waals surface area contributed by atoms with Crippen molar-refractivity contribution in [2.24, 2.45) is 0 Å². The van der Waals surface area contributed by atoms with E-state index in [4.69, 9.17) is 4.74 Å². The second kappa shape index (κ2) is 4.36. The minimum absolute atomic E-state index is 0.120. The Morgan fingerprint density at radius 1 is 1.33 bits per heavy atom. The molecular weight excluding hydrogens is 184 g/mol. The van der Waals surface area contributed by atoms with Crippen LogP contribution in [0.4, 0.5) is 0 Å².